The van der Waals surface area contributed by atoms with E-state index >= 15 is 0 Å². The molecule has 1 nitrogen and oxygen atoms in total. The molecule has 0 fully saturated rings. The van der Waals surface area contributed by atoms with Crippen LogP contribution in [0.15, 0.2) is 40.2 Å². The van der Waals surface area contributed by atoms with Crippen LogP contribution in [0.5, 0.6) is 0 Å². The number of hydrogen-bond donors (Lipinski definition) is 0. The molecule has 1 unspecified atom stereocenters. The fourth-order valence-corrected chi connectivity index (χ4v) is 3.97. The summed E-state index contributed by atoms with van der Waals surface area (Å²) in [5.74, 6) is 0.434. The second-order valence-electron chi connectivity index (χ2n) is 4.32. The summed E-state index contributed by atoms with van der Waals surface area (Å²) in [4.78, 5) is 13.5. The normalized spacial score (nSPS) is 18.4. The molecule has 0 spiro atoms. The van der Waals surface area contributed by atoms with Crippen molar-refractivity contribution in [2.45, 2.75) is 12.8 Å². The summed E-state index contributed by atoms with van der Waals surface area (Å²) in [5, 5.41) is 2.06. The lowest BCUT2D eigenvalue weighted by atomic mass is 10.0. The zero-order valence-electron chi connectivity index (χ0n) is 9.15. The Kier molecular flexibility index (Phi) is 2.89. The number of Topliss-reactive ketones (excluding diaryl/α,β-unsaturated/α-hetero) is 1. The van der Waals surface area contributed by atoms with Gasteiger partial charge in [-0.05, 0) is 45.8 Å². The van der Waals surface area contributed by atoms with Crippen LogP contribution in [0.2, 0.25) is 0 Å². The highest BCUT2D eigenvalue weighted by Gasteiger charge is 2.30. The van der Waals surface area contributed by atoms with E-state index in [0.717, 1.165) is 22.9 Å². The number of ketones is 1. The lowest BCUT2D eigenvalue weighted by Gasteiger charge is -2.06. The van der Waals surface area contributed by atoms with Crippen LogP contribution in [0.25, 0.3) is 0 Å². The zero-order valence-corrected chi connectivity index (χ0v) is 11.6. The highest BCUT2D eigenvalue weighted by atomic mass is 79.9. The smallest absolute Gasteiger partial charge is 0.166 e. The van der Waals surface area contributed by atoms with Gasteiger partial charge < -0.3 is 0 Å². The number of benzene rings is 1. The molecule has 17 heavy (non-hydrogen) atoms. The van der Waals surface area contributed by atoms with Crippen molar-refractivity contribution in [3.63, 3.8) is 0 Å². The van der Waals surface area contributed by atoms with Crippen molar-refractivity contribution in [2.24, 2.45) is 5.92 Å². The molecule has 1 heterocycles. The molecule has 0 amide bonds. The molecular weight excluding hydrogens is 296 g/mol. The van der Waals surface area contributed by atoms with Crippen molar-refractivity contribution in [3.05, 3.63) is 56.2 Å². The van der Waals surface area contributed by atoms with Crippen LogP contribution >= 0.6 is 27.3 Å². The Morgan fingerprint density at radius 3 is 2.82 bits per heavy atom. The van der Waals surface area contributed by atoms with E-state index in [9.17, 15) is 4.79 Å². The monoisotopic (exact) mass is 306 g/mol. The van der Waals surface area contributed by atoms with Gasteiger partial charge in [-0.25, -0.2) is 0 Å². The lowest BCUT2D eigenvalue weighted by molar-refractivity contribution is 0.0936. The maximum atomic E-state index is 12.2. The van der Waals surface area contributed by atoms with Gasteiger partial charge in [0, 0.05) is 20.8 Å². The third-order valence-corrected chi connectivity index (χ3v) is 5.19. The van der Waals surface area contributed by atoms with E-state index < -0.39 is 0 Å². The summed E-state index contributed by atoms with van der Waals surface area (Å²) in [6.45, 7) is 0. The number of carbonyl (C=O) groups excluding carboxylic acids is 1. The first-order chi connectivity index (χ1) is 8.25. The summed E-state index contributed by atoms with van der Waals surface area (Å²) in [5.41, 5.74) is 2.13. The van der Waals surface area contributed by atoms with Gasteiger partial charge in [-0.15, -0.1) is 11.3 Å². The van der Waals surface area contributed by atoms with Crippen LogP contribution in [-0.4, -0.2) is 5.78 Å². The van der Waals surface area contributed by atoms with Crippen LogP contribution < -0.4 is 0 Å². The molecule has 1 aliphatic carbocycles. The molecule has 1 atom stereocenters. The number of halogens is 1. The minimum absolute atomic E-state index is 0.127. The van der Waals surface area contributed by atoms with Gasteiger partial charge in [-0.2, -0.15) is 0 Å². The topological polar surface area (TPSA) is 17.1 Å². The lowest BCUT2D eigenvalue weighted by Crippen LogP contribution is -2.11. The Balaban J connectivity index is 1.85. The largest absolute Gasteiger partial charge is 0.294 e. The average Bonchev–Trinajstić information content (AvgIpc) is 2.87. The molecule has 3 rings (SSSR count). The zero-order chi connectivity index (χ0) is 11.8. The van der Waals surface area contributed by atoms with Gasteiger partial charge in [0.2, 0.25) is 0 Å². The third-order valence-electron chi connectivity index (χ3n) is 3.24. The second kappa shape index (κ2) is 4.39. The molecule has 86 valence electrons. The van der Waals surface area contributed by atoms with Crippen LogP contribution in [0, 0.1) is 5.92 Å². The van der Waals surface area contributed by atoms with Crippen LogP contribution in [0.3, 0.4) is 0 Å². The molecule has 1 aromatic carbocycles. The third kappa shape index (κ3) is 1.98. The fraction of sp³-hybridized carbons (Fsp3) is 0.214. The number of rotatable bonds is 2. The van der Waals surface area contributed by atoms with E-state index in [-0.39, 0.29) is 5.92 Å². The summed E-state index contributed by atoms with van der Waals surface area (Å²) in [7, 11) is 0. The van der Waals surface area contributed by atoms with Gasteiger partial charge in [-0.3, -0.25) is 4.79 Å². The molecule has 1 aliphatic rings. The maximum absolute atomic E-state index is 12.2. The fourth-order valence-electron chi connectivity index (χ4n) is 2.38. The van der Waals surface area contributed by atoms with E-state index in [1.807, 2.05) is 24.3 Å². The highest BCUT2D eigenvalue weighted by Crippen LogP contribution is 2.32. The summed E-state index contributed by atoms with van der Waals surface area (Å²) in [6.07, 6.45) is 1.74. The van der Waals surface area contributed by atoms with Crippen molar-refractivity contribution in [1.29, 1.82) is 0 Å². The Labute approximate surface area is 113 Å². The predicted octanol–water partition coefficient (Wildman–Crippen LogP) is 4.11. The van der Waals surface area contributed by atoms with E-state index in [0.29, 0.717) is 5.78 Å². The van der Waals surface area contributed by atoms with Gasteiger partial charge in [0.1, 0.15) is 0 Å². The van der Waals surface area contributed by atoms with Crippen molar-refractivity contribution in [2.75, 3.05) is 0 Å². The van der Waals surface area contributed by atoms with Gasteiger partial charge in [0.05, 0.1) is 0 Å². The Hall–Kier alpha value is -0.930. The highest BCUT2D eigenvalue weighted by molar-refractivity contribution is 9.10. The van der Waals surface area contributed by atoms with Gasteiger partial charge in [-0.1, -0.05) is 24.3 Å². The second-order valence-corrected chi connectivity index (χ2v) is 6.17. The summed E-state index contributed by atoms with van der Waals surface area (Å²) < 4.78 is 1.13. The first-order valence-corrected chi connectivity index (χ1v) is 7.27. The maximum Gasteiger partial charge on any atom is 0.166 e. The van der Waals surface area contributed by atoms with E-state index in [1.165, 1.54) is 10.4 Å². The van der Waals surface area contributed by atoms with Crippen molar-refractivity contribution in [1.82, 2.24) is 0 Å². The number of thiophene rings is 1. The first kappa shape index (κ1) is 11.2. The van der Waals surface area contributed by atoms with E-state index in [1.54, 1.807) is 11.3 Å². The molecule has 0 saturated carbocycles. The molecule has 2 aromatic rings. The van der Waals surface area contributed by atoms with Crippen molar-refractivity contribution >= 4 is 33.0 Å². The Morgan fingerprint density at radius 2 is 2.12 bits per heavy atom. The molecule has 0 saturated heterocycles. The molecule has 3 heteroatoms. The first-order valence-electron chi connectivity index (χ1n) is 5.59. The number of fused-ring (bicyclic) bond motifs is 1. The van der Waals surface area contributed by atoms with E-state index in [4.69, 9.17) is 0 Å². The molecule has 1 aromatic heterocycles. The number of hydrogen-bond acceptors (Lipinski definition) is 2. The molecule has 0 aliphatic heterocycles. The average molecular weight is 307 g/mol. The van der Waals surface area contributed by atoms with Crippen molar-refractivity contribution in [3.8, 4) is 0 Å². The van der Waals surface area contributed by atoms with Crippen LogP contribution in [-0.2, 0) is 12.8 Å². The minimum atomic E-state index is 0.127. The standard InChI is InChI=1S/C14H11BrOS/c15-12-5-6-17-13(12)8-10-7-9-3-1-2-4-11(9)14(10)16/h1-6,10H,7-8H2. The summed E-state index contributed by atoms with van der Waals surface area (Å²) >= 11 is 5.25. The molecule has 0 N–H and O–H groups in total. The molecule has 0 bridgehead atoms. The van der Waals surface area contributed by atoms with E-state index in [2.05, 4.69) is 27.4 Å². The van der Waals surface area contributed by atoms with Gasteiger partial charge in [0.25, 0.3) is 0 Å². The van der Waals surface area contributed by atoms with Crippen LogP contribution in [0.1, 0.15) is 20.8 Å². The summed E-state index contributed by atoms with van der Waals surface area (Å²) in [6, 6.07) is 10.0. The minimum Gasteiger partial charge on any atom is -0.294 e. The predicted molar refractivity (Wildman–Crippen MR) is 73.7 cm³/mol. The van der Waals surface area contributed by atoms with Gasteiger partial charge >= 0.3 is 0 Å². The Morgan fingerprint density at radius 1 is 1.29 bits per heavy atom. The Bertz CT molecular complexity index is 573. The molecular formula is C14H11BrOS. The SMILES string of the molecule is O=C1c2ccccc2CC1Cc1sccc1Br. The van der Waals surface area contributed by atoms with Crippen LogP contribution in [0.4, 0.5) is 0 Å². The molecule has 0 radical (unpaired) electrons. The number of carbonyl (C=O) groups is 1. The van der Waals surface area contributed by atoms with Gasteiger partial charge in [0.15, 0.2) is 5.78 Å². The quantitative estimate of drug-likeness (QED) is 0.816. The van der Waals surface area contributed by atoms with Crippen molar-refractivity contribution < 1.29 is 4.79 Å².